The van der Waals surface area contributed by atoms with E-state index in [1.807, 2.05) is 0 Å². The van der Waals surface area contributed by atoms with E-state index < -0.39 is 22.2 Å². The number of Topliss-reactive ketones (excluding diaryl/α,β-unsaturated/α-hetero) is 1. The van der Waals surface area contributed by atoms with Gasteiger partial charge in [0.2, 0.25) is 5.82 Å². The van der Waals surface area contributed by atoms with E-state index in [1.54, 1.807) is 0 Å². The summed E-state index contributed by atoms with van der Waals surface area (Å²) in [5.74, 6) is -1.47. The highest BCUT2D eigenvalue weighted by Crippen LogP contribution is 2.27. The van der Waals surface area contributed by atoms with E-state index >= 15 is 0 Å². The van der Waals surface area contributed by atoms with Crippen LogP contribution in [0.3, 0.4) is 0 Å². The molecular formula is C9H8FNO4. The maximum Gasteiger partial charge on any atom is 0.308 e. The Morgan fingerprint density at radius 1 is 1.53 bits per heavy atom. The van der Waals surface area contributed by atoms with Gasteiger partial charge < -0.3 is 4.74 Å². The Morgan fingerprint density at radius 2 is 2.13 bits per heavy atom. The highest BCUT2D eigenvalue weighted by Gasteiger charge is 2.20. The molecule has 0 fully saturated rings. The van der Waals surface area contributed by atoms with E-state index in [9.17, 15) is 19.3 Å². The Hall–Kier alpha value is -1.98. The quantitative estimate of drug-likeness (QED) is 0.437. The van der Waals surface area contributed by atoms with Gasteiger partial charge in [0.05, 0.1) is 23.7 Å². The molecule has 0 aliphatic rings. The van der Waals surface area contributed by atoms with Gasteiger partial charge in [-0.2, -0.15) is 4.39 Å². The Balaban J connectivity index is 3.42. The van der Waals surface area contributed by atoms with Crippen LogP contribution < -0.4 is 4.74 Å². The summed E-state index contributed by atoms with van der Waals surface area (Å²) in [4.78, 5) is 20.6. The number of benzene rings is 1. The summed E-state index contributed by atoms with van der Waals surface area (Å²) in [5, 5.41) is 10.4. The summed E-state index contributed by atoms with van der Waals surface area (Å²) in [6.45, 7) is 1.23. The second-order valence-electron chi connectivity index (χ2n) is 2.82. The second kappa shape index (κ2) is 4.04. The summed E-state index contributed by atoms with van der Waals surface area (Å²) >= 11 is 0. The summed E-state index contributed by atoms with van der Waals surface area (Å²) in [6, 6.07) is 1.70. The van der Waals surface area contributed by atoms with Gasteiger partial charge in [0.15, 0.2) is 5.78 Å². The molecule has 0 atom stereocenters. The lowest BCUT2D eigenvalue weighted by molar-refractivity contribution is -0.387. The average Bonchev–Trinajstić information content (AvgIpc) is 2.16. The number of nitro groups is 1. The van der Waals surface area contributed by atoms with Gasteiger partial charge in [-0.1, -0.05) is 0 Å². The standard InChI is InChI=1S/C9H8FNO4/c1-5(12)6-3-7(10)8(11(13)14)4-9(6)15-2/h3-4H,1-2H3. The molecule has 80 valence electrons. The van der Waals surface area contributed by atoms with Crippen molar-refractivity contribution in [2.24, 2.45) is 0 Å². The maximum atomic E-state index is 13.1. The number of carbonyl (C=O) groups excluding carboxylic acids is 1. The molecule has 0 radical (unpaired) electrons. The van der Waals surface area contributed by atoms with Gasteiger partial charge in [-0.05, 0) is 13.0 Å². The molecule has 0 saturated carbocycles. The van der Waals surface area contributed by atoms with Crippen LogP contribution in [0.4, 0.5) is 10.1 Å². The lowest BCUT2D eigenvalue weighted by atomic mass is 10.1. The number of nitrogens with zero attached hydrogens (tertiary/aromatic N) is 1. The first kappa shape index (κ1) is 11.1. The van der Waals surface area contributed by atoms with Crippen molar-refractivity contribution in [2.75, 3.05) is 7.11 Å². The summed E-state index contributed by atoms with van der Waals surface area (Å²) in [6.07, 6.45) is 0. The zero-order valence-corrected chi connectivity index (χ0v) is 8.11. The van der Waals surface area contributed by atoms with Gasteiger partial charge >= 0.3 is 5.69 Å². The van der Waals surface area contributed by atoms with E-state index in [0.29, 0.717) is 0 Å². The van der Waals surface area contributed by atoms with Crippen molar-refractivity contribution >= 4 is 11.5 Å². The van der Waals surface area contributed by atoms with Crippen molar-refractivity contribution < 1.29 is 18.8 Å². The van der Waals surface area contributed by atoms with Crippen LogP contribution in [0.25, 0.3) is 0 Å². The molecule has 0 heterocycles. The van der Waals surface area contributed by atoms with E-state index in [2.05, 4.69) is 0 Å². The Morgan fingerprint density at radius 3 is 2.53 bits per heavy atom. The molecule has 0 N–H and O–H groups in total. The third-order valence-corrected chi connectivity index (χ3v) is 1.84. The summed E-state index contributed by atoms with van der Waals surface area (Å²) < 4.78 is 17.9. The second-order valence-corrected chi connectivity index (χ2v) is 2.82. The molecule has 0 aliphatic carbocycles. The molecule has 0 unspecified atom stereocenters. The van der Waals surface area contributed by atoms with Gasteiger partial charge in [0.1, 0.15) is 5.75 Å². The zero-order valence-electron chi connectivity index (χ0n) is 8.11. The minimum Gasteiger partial charge on any atom is -0.496 e. The minimum absolute atomic E-state index is 0.00407. The van der Waals surface area contributed by atoms with E-state index in [1.165, 1.54) is 14.0 Å². The van der Waals surface area contributed by atoms with Crippen molar-refractivity contribution in [2.45, 2.75) is 6.92 Å². The number of halogens is 1. The highest BCUT2D eigenvalue weighted by atomic mass is 19.1. The van der Waals surface area contributed by atoms with Crippen molar-refractivity contribution in [1.29, 1.82) is 0 Å². The third-order valence-electron chi connectivity index (χ3n) is 1.84. The van der Waals surface area contributed by atoms with Crippen LogP contribution in [-0.2, 0) is 0 Å². The molecule has 15 heavy (non-hydrogen) atoms. The van der Waals surface area contributed by atoms with Crippen molar-refractivity contribution in [3.63, 3.8) is 0 Å². The molecule has 1 rings (SSSR count). The number of ether oxygens (including phenoxy) is 1. The topological polar surface area (TPSA) is 69.4 Å². The predicted molar refractivity (Wildman–Crippen MR) is 49.6 cm³/mol. The molecule has 5 nitrogen and oxygen atoms in total. The van der Waals surface area contributed by atoms with Gasteiger partial charge in [-0.15, -0.1) is 0 Å². The van der Waals surface area contributed by atoms with Gasteiger partial charge in [0.25, 0.3) is 0 Å². The van der Waals surface area contributed by atoms with Crippen LogP contribution in [0.5, 0.6) is 5.75 Å². The van der Waals surface area contributed by atoms with Crippen LogP contribution in [-0.4, -0.2) is 17.8 Å². The molecule has 0 amide bonds. The summed E-state index contributed by atoms with van der Waals surface area (Å²) in [5.41, 5.74) is -0.725. The molecule has 1 aromatic carbocycles. The SMILES string of the molecule is COc1cc([N+](=O)[O-])c(F)cc1C(C)=O. The van der Waals surface area contributed by atoms with Crippen LogP contribution in [0.15, 0.2) is 12.1 Å². The smallest absolute Gasteiger partial charge is 0.308 e. The number of carbonyl (C=O) groups is 1. The fourth-order valence-electron chi connectivity index (χ4n) is 1.13. The number of rotatable bonds is 3. The molecule has 6 heteroatoms. The van der Waals surface area contributed by atoms with Crippen LogP contribution in [0, 0.1) is 15.9 Å². The lowest BCUT2D eigenvalue weighted by Gasteiger charge is -2.05. The molecule has 0 aliphatic heterocycles. The zero-order chi connectivity index (χ0) is 11.6. The van der Waals surface area contributed by atoms with E-state index in [0.717, 1.165) is 12.1 Å². The molecule has 0 spiro atoms. The third kappa shape index (κ3) is 2.09. The molecule has 0 bridgehead atoms. The number of methoxy groups -OCH3 is 1. The number of ketones is 1. The van der Waals surface area contributed by atoms with Crippen molar-refractivity contribution in [1.82, 2.24) is 0 Å². The van der Waals surface area contributed by atoms with Crippen LogP contribution in [0.1, 0.15) is 17.3 Å². The number of hydrogen-bond acceptors (Lipinski definition) is 4. The first-order chi connectivity index (χ1) is 6.97. The van der Waals surface area contributed by atoms with E-state index in [4.69, 9.17) is 4.74 Å². The largest absolute Gasteiger partial charge is 0.496 e. The van der Waals surface area contributed by atoms with Crippen LogP contribution >= 0.6 is 0 Å². The Bertz CT molecular complexity index is 430. The molecule has 0 saturated heterocycles. The van der Waals surface area contributed by atoms with Crippen LogP contribution in [0.2, 0.25) is 0 Å². The summed E-state index contributed by atoms with van der Waals surface area (Å²) in [7, 11) is 1.25. The first-order valence-corrected chi connectivity index (χ1v) is 4.00. The number of nitro benzene ring substituents is 1. The van der Waals surface area contributed by atoms with Gasteiger partial charge in [-0.3, -0.25) is 14.9 Å². The molecule has 0 aromatic heterocycles. The predicted octanol–water partition coefficient (Wildman–Crippen LogP) is 1.95. The highest BCUT2D eigenvalue weighted by molar-refractivity contribution is 5.97. The van der Waals surface area contributed by atoms with Gasteiger partial charge in [0, 0.05) is 0 Å². The first-order valence-electron chi connectivity index (χ1n) is 4.00. The normalized spacial score (nSPS) is 9.80. The average molecular weight is 213 g/mol. The Kier molecular flexibility index (Phi) is 2.99. The number of hydrogen-bond donors (Lipinski definition) is 0. The maximum absolute atomic E-state index is 13.1. The Labute approximate surface area is 84.6 Å². The van der Waals surface area contributed by atoms with Gasteiger partial charge in [-0.25, -0.2) is 0 Å². The van der Waals surface area contributed by atoms with Crippen molar-refractivity contribution in [3.05, 3.63) is 33.6 Å². The minimum atomic E-state index is -1.05. The van der Waals surface area contributed by atoms with E-state index in [-0.39, 0.29) is 11.3 Å². The molecular weight excluding hydrogens is 205 g/mol. The van der Waals surface area contributed by atoms with Crippen molar-refractivity contribution in [3.8, 4) is 5.75 Å². The molecule has 1 aromatic rings. The fourth-order valence-corrected chi connectivity index (χ4v) is 1.13. The monoisotopic (exact) mass is 213 g/mol. The lowest BCUT2D eigenvalue weighted by Crippen LogP contribution is -2.01. The fraction of sp³-hybridized carbons (Fsp3) is 0.222.